The molecule has 0 saturated carbocycles. The number of halogens is 4. The lowest BCUT2D eigenvalue weighted by Crippen LogP contribution is -2.43. The van der Waals surface area contributed by atoms with Gasteiger partial charge in [-0.3, -0.25) is 9.59 Å². The van der Waals surface area contributed by atoms with E-state index >= 15 is 0 Å². The van der Waals surface area contributed by atoms with Crippen LogP contribution in [0.2, 0.25) is 0 Å². The van der Waals surface area contributed by atoms with Gasteiger partial charge in [0.15, 0.2) is 21.5 Å². The summed E-state index contributed by atoms with van der Waals surface area (Å²) in [5, 5.41) is 12.3. The number of nitriles is 1. The Hall–Kier alpha value is -3.05. The van der Waals surface area contributed by atoms with Crippen LogP contribution >= 0.6 is 11.3 Å². The third-order valence-electron chi connectivity index (χ3n) is 4.49. The molecule has 3 rings (SSSR count). The summed E-state index contributed by atoms with van der Waals surface area (Å²) >= 11 is 0.814. The van der Waals surface area contributed by atoms with E-state index in [1.807, 2.05) is 0 Å². The minimum absolute atomic E-state index is 0.0186. The van der Waals surface area contributed by atoms with Gasteiger partial charge in [0.25, 0.3) is 11.8 Å². The lowest BCUT2D eigenvalue weighted by atomic mass is 10.2. The van der Waals surface area contributed by atoms with E-state index in [2.05, 4.69) is 10.3 Å². The predicted octanol–water partition coefficient (Wildman–Crippen LogP) is 1.88. The van der Waals surface area contributed by atoms with Crippen molar-refractivity contribution in [2.24, 2.45) is 0 Å². The van der Waals surface area contributed by atoms with Crippen LogP contribution in [-0.4, -0.2) is 55.2 Å². The van der Waals surface area contributed by atoms with E-state index in [0.717, 1.165) is 17.4 Å². The molecule has 2 aromatic rings. The van der Waals surface area contributed by atoms with Crippen molar-refractivity contribution in [2.75, 3.05) is 13.1 Å². The molecule has 0 spiro atoms. The van der Waals surface area contributed by atoms with Gasteiger partial charge >= 0.3 is 0 Å². The van der Waals surface area contributed by atoms with Crippen molar-refractivity contribution in [1.82, 2.24) is 15.2 Å². The third-order valence-corrected chi connectivity index (χ3v) is 7.14. The van der Waals surface area contributed by atoms with Crippen molar-refractivity contribution < 1.29 is 35.6 Å². The maximum absolute atomic E-state index is 13.4. The largest absolute Gasteiger partial charge is 0.342 e. The minimum atomic E-state index is -4.07. The van der Waals surface area contributed by atoms with Crippen LogP contribution in [0, 0.1) is 23.0 Å². The number of hydrogen-bond donors (Lipinski definition) is 1. The topological polar surface area (TPSA) is 120 Å². The van der Waals surface area contributed by atoms with E-state index in [4.69, 9.17) is 5.26 Å². The van der Waals surface area contributed by atoms with Crippen LogP contribution in [0.5, 0.6) is 0 Å². The van der Waals surface area contributed by atoms with Gasteiger partial charge in [0, 0.05) is 11.8 Å². The van der Waals surface area contributed by atoms with Crippen LogP contribution in [-0.2, 0) is 20.4 Å². The van der Waals surface area contributed by atoms with E-state index in [-0.39, 0.29) is 10.7 Å². The van der Waals surface area contributed by atoms with Crippen LogP contribution < -0.4 is 5.32 Å². The standard InChI is InChI=1S/C18H14F4N4O4S2/c19-12-2-1-11(3-13(12)20)32(29,30)8-15-25-14(7-31-15)17(28)24-6-16(27)26-9-18(21,22)4-10(26)5-23/h1-3,7,10H,4,6,8-9H2,(H,24,28)/t10-/m0/s1. The summed E-state index contributed by atoms with van der Waals surface area (Å²) in [5.41, 5.74) is -0.220. The first-order valence-corrected chi connectivity index (χ1v) is 11.4. The molecule has 170 valence electrons. The van der Waals surface area contributed by atoms with Crippen molar-refractivity contribution in [3.8, 4) is 6.07 Å². The molecule has 8 nitrogen and oxygen atoms in total. The van der Waals surface area contributed by atoms with Crippen LogP contribution in [0.1, 0.15) is 21.9 Å². The number of nitrogens with zero attached hydrogens (tertiary/aromatic N) is 3. The predicted molar refractivity (Wildman–Crippen MR) is 102 cm³/mol. The van der Waals surface area contributed by atoms with Crippen LogP contribution in [0.25, 0.3) is 0 Å². The SMILES string of the molecule is N#C[C@@H]1CC(F)(F)CN1C(=O)CNC(=O)c1csc(CS(=O)(=O)c2ccc(F)c(F)c2)n1. The van der Waals surface area contributed by atoms with Gasteiger partial charge in [-0.25, -0.2) is 31.0 Å². The second kappa shape index (κ2) is 8.83. The normalized spacial score (nSPS) is 17.7. The van der Waals surface area contributed by atoms with Gasteiger partial charge in [0.1, 0.15) is 22.5 Å². The number of benzene rings is 1. The molecule has 0 aliphatic carbocycles. The Morgan fingerprint density at radius 2 is 2.03 bits per heavy atom. The number of carbonyl (C=O) groups excluding carboxylic acids is 2. The van der Waals surface area contributed by atoms with E-state index < -0.39 is 75.4 Å². The van der Waals surface area contributed by atoms with Crippen LogP contribution in [0.15, 0.2) is 28.5 Å². The maximum atomic E-state index is 13.4. The number of likely N-dealkylation sites (tertiary alicyclic amines) is 1. The summed E-state index contributed by atoms with van der Waals surface area (Å²) in [6.07, 6.45) is -0.787. The van der Waals surface area contributed by atoms with E-state index in [9.17, 15) is 35.6 Å². The molecule has 1 aromatic heterocycles. The van der Waals surface area contributed by atoms with Gasteiger partial charge in [-0.15, -0.1) is 11.3 Å². The molecule has 2 heterocycles. The summed E-state index contributed by atoms with van der Waals surface area (Å²) in [4.78, 5) is 28.4. The monoisotopic (exact) mass is 490 g/mol. The van der Waals surface area contributed by atoms with Gasteiger partial charge < -0.3 is 10.2 Å². The fraction of sp³-hybridized carbons (Fsp3) is 0.333. The number of nitrogens with one attached hydrogen (secondary N) is 1. The number of rotatable bonds is 6. The van der Waals surface area contributed by atoms with Gasteiger partial charge in [-0.1, -0.05) is 0 Å². The van der Waals surface area contributed by atoms with Crippen LogP contribution in [0.3, 0.4) is 0 Å². The van der Waals surface area contributed by atoms with E-state index in [0.29, 0.717) is 17.0 Å². The number of amides is 2. The van der Waals surface area contributed by atoms with Crippen molar-refractivity contribution in [1.29, 1.82) is 5.26 Å². The highest BCUT2D eigenvalue weighted by atomic mass is 32.2. The number of carbonyl (C=O) groups is 2. The molecule has 1 aliphatic rings. The zero-order chi connectivity index (χ0) is 23.7. The third kappa shape index (κ3) is 5.22. The first-order chi connectivity index (χ1) is 14.9. The van der Waals surface area contributed by atoms with E-state index in [1.165, 1.54) is 5.38 Å². The summed E-state index contributed by atoms with van der Waals surface area (Å²) in [6.45, 7) is -1.59. The molecule has 0 bridgehead atoms. The number of thiazole rings is 1. The lowest BCUT2D eigenvalue weighted by molar-refractivity contribution is -0.131. The van der Waals surface area contributed by atoms with Crippen molar-refractivity contribution in [2.45, 2.75) is 29.0 Å². The summed E-state index contributed by atoms with van der Waals surface area (Å²) in [6, 6.07) is 2.42. The fourth-order valence-corrected chi connectivity index (χ4v) is 5.35. The Bertz CT molecular complexity index is 1210. The molecule has 1 aliphatic heterocycles. The van der Waals surface area contributed by atoms with Crippen molar-refractivity contribution in [3.63, 3.8) is 0 Å². The molecule has 1 N–H and O–H groups in total. The average Bonchev–Trinajstić information content (AvgIpc) is 3.30. The molecule has 1 atom stereocenters. The maximum Gasteiger partial charge on any atom is 0.271 e. The number of hydrogen-bond acceptors (Lipinski definition) is 7. The molecule has 1 saturated heterocycles. The molecule has 1 aromatic carbocycles. The first-order valence-electron chi connectivity index (χ1n) is 8.89. The van der Waals surface area contributed by atoms with E-state index in [1.54, 1.807) is 6.07 Å². The second-order valence-corrected chi connectivity index (χ2v) is 9.80. The van der Waals surface area contributed by atoms with Gasteiger partial charge in [-0.05, 0) is 18.2 Å². The smallest absolute Gasteiger partial charge is 0.271 e. The Morgan fingerprint density at radius 3 is 2.69 bits per heavy atom. The number of sulfone groups is 1. The second-order valence-electron chi connectivity index (χ2n) is 6.87. The van der Waals surface area contributed by atoms with Gasteiger partial charge in [-0.2, -0.15) is 5.26 Å². The molecular formula is C18H14F4N4O4S2. The summed E-state index contributed by atoms with van der Waals surface area (Å²) in [5.74, 6) is -8.14. The first kappa shape index (κ1) is 23.6. The van der Waals surface area contributed by atoms with Gasteiger partial charge in [0.05, 0.1) is 24.1 Å². The molecule has 0 radical (unpaired) electrons. The highest BCUT2D eigenvalue weighted by Gasteiger charge is 2.47. The van der Waals surface area contributed by atoms with Gasteiger partial charge in [0.2, 0.25) is 5.91 Å². The molecule has 2 amide bonds. The fourth-order valence-electron chi connectivity index (χ4n) is 2.94. The highest BCUT2D eigenvalue weighted by molar-refractivity contribution is 7.90. The lowest BCUT2D eigenvalue weighted by Gasteiger charge is -2.19. The van der Waals surface area contributed by atoms with Crippen LogP contribution in [0.4, 0.5) is 17.6 Å². The highest BCUT2D eigenvalue weighted by Crippen LogP contribution is 2.31. The Labute approximate surface area is 183 Å². The minimum Gasteiger partial charge on any atom is -0.342 e. The molecule has 14 heteroatoms. The quantitative estimate of drug-likeness (QED) is 0.488. The molecule has 32 heavy (non-hydrogen) atoms. The molecule has 1 fully saturated rings. The molecular weight excluding hydrogens is 476 g/mol. The Morgan fingerprint density at radius 1 is 1.31 bits per heavy atom. The average molecular weight is 490 g/mol. The zero-order valence-electron chi connectivity index (χ0n) is 16.0. The number of alkyl halides is 2. The summed E-state index contributed by atoms with van der Waals surface area (Å²) in [7, 11) is -4.07. The summed E-state index contributed by atoms with van der Waals surface area (Å²) < 4.78 is 77.9. The number of aromatic nitrogens is 1. The Kier molecular flexibility index (Phi) is 6.51. The van der Waals surface area contributed by atoms with Crippen molar-refractivity contribution >= 4 is 33.0 Å². The Balaban J connectivity index is 1.61. The molecule has 0 unspecified atom stereocenters. The zero-order valence-corrected chi connectivity index (χ0v) is 17.7. The van der Waals surface area contributed by atoms with Crippen molar-refractivity contribution in [3.05, 3.63) is 45.9 Å².